The summed E-state index contributed by atoms with van der Waals surface area (Å²) < 4.78 is 9.66. The summed E-state index contributed by atoms with van der Waals surface area (Å²) in [7, 11) is 3.02. The van der Waals surface area contributed by atoms with E-state index in [0.29, 0.717) is 0 Å². The molecule has 1 atom stereocenters. The van der Waals surface area contributed by atoms with Crippen molar-refractivity contribution >= 4 is 17.7 Å². The van der Waals surface area contributed by atoms with E-state index in [2.05, 4.69) is 4.74 Å². The molecule has 0 fully saturated rings. The van der Waals surface area contributed by atoms with Gasteiger partial charge in [0.1, 0.15) is 5.75 Å². The second kappa shape index (κ2) is 8.00. The molecule has 4 nitrogen and oxygen atoms in total. The fraction of sp³-hybridized carbons (Fsp3) is 0.462. The summed E-state index contributed by atoms with van der Waals surface area (Å²) in [6.45, 7) is 0. The highest BCUT2D eigenvalue weighted by Gasteiger charge is 2.09. The maximum atomic E-state index is 11.0. The first-order chi connectivity index (χ1) is 8.65. The lowest BCUT2D eigenvalue weighted by Gasteiger charge is -2.09. The topological polar surface area (TPSA) is 61.5 Å². The van der Waals surface area contributed by atoms with Gasteiger partial charge < -0.3 is 15.2 Å². The molecule has 0 saturated carbocycles. The Morgan fingerprint density at radius 2 is 2.00 bits per heavy atom. The number of carbonyl (C=O) groups is 1. The van der Waals surface area contributed by atoms with Crippen LogP contribution in [-0.2, 0) is 15.3 Å². The van der Waals surface area contributed by atoms with Crippen molar-refractivity contribution in [3.8, 4) is 5.75 Å². The summed E-state index contributed by atoms with van der Waals surface area (Å²) in [4.78, 5) is 11.0. The number of methoxy groups -OCH3 is 2. The Hall–Kier alpha value is -1.20. The van der Waals surface area contributed by atoms with Crippen LogP contribution in [0.1, 0.15) is 12.0 Å². The van der Waals surface area contributed by atoms with E-state index in [-0.39, 0.29) is 18.4 Å². The summed E-state index contributed by atoms with van der Waals surface area (Å²) in [6.07, 6.45) is 0.270. The number of rotatable bonds is 7. The number of benzene rings is 1. The van der Waals surface area contributed by atoms with E-state index in [9.17, 15) is 4.79 Å². The van der Waals surface area contributed by atoms with E-state index in [1.165, 1.54) is 12.7 Å². The van der Waals surface area contributed by atoms with Crippen molar-refractivity contribution in [1.29, 1.82) is 0 Å². The Morgan fingerprint density at radius 3 is 2.56 bits per heavy atom. The highest BCUT2D eigenvalue weighted by Crippen LogP contribution is 2.17. The number of esters is 1. The Balaban J connectivity index is 2.26. The van der Waals surface area contributed by atoms with Crippen LogP contribution in [0.15, 0.2) is 24.3 Å². The molecular weight excluding hydrogens is 250 g/mol. The average molecular weight is 269 g/mol. The zero-order valence-corrected chi connectivity index (χ0v) is 11.5. The maximum absolute atomic E-state index is 11.0. The van der Waals surface area contributed by atoms with Crippen molar-refractivity contribution in [2.24, 2.45) is 5.73 Å². The van der Waals surface area contributed by atoms with Crippen LogP contribution in [0.25, 0.3) is 0 Å². The second-order valence-corrected chi connectivity index (χ2v) is 4.93. The van der Waals surface area contributed by atoms with Gasteiger partial charge in [-0.15, -0.1) is 0 Å². The molecule has 0 spiro atoms. The molecule has 0 aliphatic heterocycles. The van der Waals surface area contributed by atoms with Crippen LogP contribution in [0.4, 0.5) is 0 Å². The van der Waals surface area contributed by atoms with Crippen LogP contribution in [0, 0.1) is 0 Å². The summed E-state index contributed by atoms with van der Waals surface area (Å²) >= 11 is 1.71. The van der Waals surface area contributed by atoms with E-state index in [4.69, 9.17) is 10.5 Å². The van der Waals surface area contributed by atoms with Gasteiger partial charge in [0.15, 0.2) is 0 Å². The summed E-state index contributed by atoms with van der Waals surface area (Å²) in [5.41, 5.74) is 7.03. The Bertz CT molecular complexity index is 367. The minimum Gasteiger partial charge on any atom is -0.497 e. The molecule has 18 heavy (non-hydrogen) atoms. The Labute approximate surface area is 112 Å². The zero-order valence-electron chi connectivity index (χ0n) is 10.7. The molecular formula is C13H19NO3S. The molecule has 0 radical (unpaired) electrons. The Kier molecular flexibility index (Phi) is 6.60. The number of nitrogens with two attached hydrogens (primary N) is 1. The van der Waals surface area contributed by atoms with Crippen molar-refractivity contribution in [1.82, 2.24) is 0 Å². The molecule has 0 amide bonds. The predicted molar refractivity (Wildman–Crippen MR) is 73.8 cm³/mol. The van der Waals surface area contributed by atoms with E-state index < -0.39 is 0 Å². The summed E-state index contributed by atoms with van der Waals surface area (Å²) in [6, 6.07) is 7.77. The highest BCUT2D eigenvalue weighted by molar-refractivity contribution is 7.98. The lowest BCUT2D eigenvalue weighted by Crippen LogP contribution is -2.26. The fourth-order valence-electron chi connectivity index (χ4n) is 1.41. The van der Waals surface area contributed by atoms with E-state index in [1.807, 2.05) is 24.3 Å². The molecule has 2 N–H and O–H groups in total. The minimum atomic E-state index is -0.257. The van der Waals surface area contributed by atoms with Gasteiger partial charge in [-0.2, -0.15) is 11.8 Å². The normalized spacial score (nSPS) is 11.9. The molecule has 0 bridgehead atoms. The van der Waals surface area contributed by atoms with Gasteiger partial charge in [0, 0.05) is 17.5 Å². The van der Waals surface area contributed by atoms with Gasteiger partial charge in [-0.05, 0) is 17.7 Å². The standard InChI is InChI=1S/C13H19NO3S/c1-16-12-5-3-10(4-6-12)8-18-9-11(14)7-13(15)17-2/h3-6,11H,7-9,14H2,1-2H3/t11-/m1/s1. The van der Waals surface area contributed by atoms with Gasteiger partial charge in [-0.1, -0.05) is 12.1 Å². The molecule has 5 heteroatoms. The SMILES string of the molecule is COC(=O)C[C@@H](N)CSCc1ccc(OC)cc1. The number of ether oxygens (including phenoxy) is 2. The van der Waals surface area contributed by atoms with Crippen molar-refractivity contribution < 1.29 is 14.3 Å². The van der Waals surface area contributed by atoms with Crippen LogP contribution >= 0.6 is 11.8 Å². The summed E-state index contributed by atoms with van der Waals surface area (Å²) in [5, 5.41) is 0. The average Bonchev–Trinajstić information content (AvgIpc) is 2.39. The van der Waals surface area contributed by atoms with E-state index in [0.717, 1.165) is 17.3 Å². The summed E-state index contributed by atoms with van der Waals surface area (Å²) in [5.74, 6) is 2.21. The highest BCUT2D eigenvalue weighted by atomic mass is 32.2. The number of hydrogen-bond donors (Lipinski definition) is 1. The lowest BCUT2D eigenvalue weighted by molar-refractivity contribution is -0.140. The predicted octanol–water partition coefficient (Wildman–Crippen LogP) is 1.82. The molecule has 0 saturated heterocycles. The molecule has 0 aliphatic carbocycles. The van der Waals surface area contributed by atoms with Crippen LogP contribution in [-0.4, -0.2) is 32.0 Å². The van der Waals surface area contributed by atoms with Crippen LogP contribution in [0.2, 0.25) is 0 Å². The van der Waals surface area contributed by atoms with Crippen molar-refractivity contribution in [2.75, 3.05) is 20.0 Å². The quantitative estimate of drug-likeness (QED) is 0.765. The maximum Gasteiger partial charge on any atom is 0.307 e. The van der Waals surface area contributed by atoms with Crippen molar-refractivity contribution in [3.05, 3.63) is 29.8 Å². The molecule has 0 unspecified atom stereocenters. The van der Waals surface area contributed by atoms with Gasteiger partial charge in [-0.25, -0.2) is 0 Å². The third kappa shape index (κ3) is 5.42. The molecule has 0 aliphatic rings. The third-order valence-corrected chi connectivity index (χ3v) is 3.62. The lowest BCUT2D eigenvalue weighted by atomic mass is 10.2. The largest absolute Gasteiger partial charge is 0.497 e. The monoisotopic (exact) mass is 269 g/mol. The first kappa shape index (κ1) is 14.9. The smallest absolute Gasteiger partial charge is 0.307 e. The zero-order chi connectivity index (χ0) is 13.4. The van der Waals surface area contributed by atoms with Gasteiger partial charge >= 0.3 is 5.97 Å². The molecule has 0 aromatic heterocycles. The molecule has 1 aromatic rings. The minimum absolute atomic E-state index is 0.152. The Morgan fingerprint density at radius 1 is 1.33 bits per heavy atom. The molecule has 1 rings (SSSR count). The molecule has 1 aromatic carbocycles. The number of thioether (sulfide) groups is 1. The molecule has 100 valence electrons. The van der Waals surface area contributed by atoms with E-state index in [1.54, 1.807) is 18.9 Å². The van der Waals surface area contributed by atoms with Crippen molar-refractivity contribution in [3.63, 3.8) is 0 Å². The van der Waals surface area contributed by atoms with Gasteiger partial charge in [0.05, 0.1) is 20.6 Å². The van der Waals surface area contributed by atoms with Crippen LogP contribution in [0.5, 0.6) is 5.75 Å². The van der Waals surface area contributed by atoms with Gasteiger partial charge in [-0.3, -0.25) is 4.79 Å². The van der Waals surface area contributed by atoms with Gasteiger partial charge in [0.25, 0.3) is 0 Å². The van der Waals surface area contributed by atoms with Crippen LogP contribution < -0.4 is 10.5 Å². The number of carbonyl (C=O) groups excluding carboxylic acids is 1. The molecule has 0 heterocycles. The van der Waals surface area contributed by atoms with Crippen LogP contribution in [0.3, 0.4) is 0 Å². The number of hydrogen-bond acceptors (Lipinski definition) is 5. The van der Waals surface area contributed by atoms with Gasteiger partial charge in [0.2, 0.25) is 0 Å². The van der Waals surface area contributed by atoms with Crippen molar-refractivity contribution in [2.45, 2.75) is 18.2 Å². The first-order valence-corrected chi connectivity index (χ1v) is 6.84. The third-order valence-electron chi connectivity index (χ3n) is 2.42. The first-order valence-electron chi connectivity index (χ1n) is 5.68. The fourth-order valence-corrected chi connectivity index (χ4v) is 2.37. The van der Waals surface area contributed by atoms with E-state index >= 15 is 0 Å². The second-order valence-electron chi connectivity index (χ2n) is 3.90.